The van der Waals surface area contributed by atoms with Crippen molar-refractivity contribution in [2.45, 2.75) is 26.5 Å². The maximum atomic E-state index is 12.0. The molecule has 0 amide bonds. The van der Waals surface area contributed by atoms with Crippen molar-refractivity contribution in [3.63, 3.8) is 0 Å². The topological polar surface area (TPSA) is 109 Å². The summed E-state index contributed by atoms with van der Waals surface area (Å²) in [4.78, 5) is 11.7. The molecule has 0 aliphatic heterocycles. The summed E-state index contributed by atoms with van der Waals surface area (Å²) in [5.41, 5.74) is 2.79. The number of carboxylic acids is 1. The van der Waals surface area contributed by atoms with E-state index in [1.54, 1.807) is 51.3 Å². The van der Waals surface area contributed by atoms with Crippen LogP contribution in [0.1, 0.15) is 19.6 Å². The van der Waals surface area contributed by atoms with Crippen LogP contribution in [0.2, 0.25) is 0 Å². The van der Waals surface area contributed by atoms with Crippen LogP contribution in [0, 0.1) is 5.92 Å². The fraction of sp³-hybridized carbons (Fsp3) is 0.222. The van der Waals surface area contributed by atoms with E-state index in [4.69, 9.17) is 13.9 Å². The number of furan rings is 1. The van der Waals surface area contributed by atoms with Crippen molar-refractivity contribution in [1.29, 1.82) is 0 Å². The number of methoxy groups -OCH3 is 1. The van der Waals surface area contributed by atoms with Crippen molar-refractivity contribution in [3.8, 4) is 22.6 Å². The van der Waals surface area contributed by atoms with E-state index < -0.39 is 23.3 Å². The zero-order chi connectivity index (χ0) is 25.8. The van der Waals surface area contributed by atoms with E-state index in [1.807, 2.05) is 42.5 Å². The first-order chi connectivity index (χ1) is 17.3. The van der Waals surface area contributed by atoms with Gasteiger partial charge >= 0.3 is 5.97 Å². The summed E-state index contributed by atoms with van der Waals surface area (Å²) in [6.45, 7) is 3.63. The van der Waals surface area contributed by atoms with Crippen molar-refractivity contribution >= 4 is 33.9 Å². The van der Waals surface area contributed by atoms with E-state index in [0.717, 1.165) is 26.4 Å². The summed E-state index contributed by atoms with van der Waals surface area (Å²) in [5.74, 6) is 0.247. The standard InChI is InChI=1S/C27H27NO7S/c1-17(2)26(27(29)30)28(36(31)32)21-11-8-18(9-12-21)19-10-13-24(25(15-19)33-3)34-16-22-14-20-6-4-5-7-23(20)35-22/h4-15,17,26H,16H2,1-3H3,(H,29,30)(H,31,32). The van der Waals surface area contributed by atoms with Crippen LogP contribution >= 0.6 is 0 Å². The van der Waals surface area contributed by atoms with Crippen LogP contribution in [0.5, 0.6) is 11.5 Å². The Hall–Kier alpha value is -3.82. The highest BCUT2D eigenvalue weighted by Gasteiger charge is 2.32. The van der Waals surface area contributed by atoms with Gasteiger partial charge in [0, 0.05) is 5.39 Å². The number of carboxylic acid groups (broad SMARTS) is 1. The van der Waals surface area contributed by atoms with Crippen LogP contribution in [0.15, 0.2) is 77.2 Å². The second-order valence-electron chi connectivity index (χ2n) is 8.54. The summed E-state index contributed by atoms with van der Waals surface area (Å²) >= 11 is -2.50. The maximum absolute atomic E-state index is 12.0. The SMILES string of the molecule is COc1cc(-c2ccc(N(C(C(=O)O)C(C)C)S(=O)O)cc2)ccc1OCc1cc2ccccc2o1. The summed E-state index contributed by atoms with van der Waals surface area (Å²) in [6, 6.07) is 20.8. The van der Waals surface area contributed by atoms with Crippen molar-refractivity contribution in [3.05, 3.63) is 78.6 Å². The van der Waals surface area contributed by atoms with E-state index in [-0.39, 0.29) is 12.5 Å². The van der Waals surface area contributed by atoms with Crippen LogP contribution in [0.3, 0.4) is 0 Å². The summed E-state index contributed by atoms with van der Waals surface area (Å²) in [5, 5.41) is 10.6. The third kappa shape index (κ3) is 5.37. The molecule has 0 aliphatic carbocycles. The quantitative estimate of drug-likeness (QED) is 0.262. The molecule has 0 saturated carbocycles. The van der Waals surface area contributed by atoms with Gasteiger partial charge in [-0.05, 0) is 53.4 Å². The van der Waals surface area contributed by atoms with Gasteiger partial charge in [-0.3, -0.25) is 8.86 Å². The van der Waals surface area contributed by atoms with Crippen molar-refractivity contribution in [2.24, 2.45) is 5.92 Å². The monoisotopic (exact) mass is 509 g/mol. The fourth-order valence-corrected chi connectivity index (χ4v) is 4.86. The number of carbonyl (C=O) groups is 1. The third-order valence-corrected chi connectivity index (χ3v) is 6.55. The molecular formula is C27H27NO7S. The predicted octanol–water partition coefficient (Wildman–Crippen LogP) is 5.74. The second-order valence-corrected chi connectivity index (χ2v) is 9.39. The Morgan fingerprint density at radius 2 is 1.69 bits per heavy atom. The number of fused-ring (bicyclic) bond motifs is 1. The van der Waals surface area contributed by atoms with E-state index in [2.05, 4.69) is 0 Å². The number of aliphatic carboxylic acids is 1. The zero-order valence-corrected chi connectivity index (χ0v) is 20.9. The lowest BCUT2D eigenvalue weighted by molar-refractivity contribution is -0.139. The Balaban J connectivity index is 1.54. The number of benzene rings is 3. The molecule has 0 aliphatic rings. The lowest BCUT2D eigenvalue weighted by atomic mass is 10.0. The predicted molar refractivity (Wildman–Crippen MR) is 138 cm³/mol. The van der Waals surface area contributed by atoms with Gasteiger partial charge in [-0.25, -0.2) is 9.00 Å². The molecule has 0 spiro atoms. The smallest absolute Gasteiger partial charge is 0.327 e. The Morgan fingerprint density at radius 3 is 2.31 bits per heavy atom. The Morgan fingerprint density at radius 1 is 1.00 bits per heavy atom. The van der Waals surface area contributed by atoms with Gasteiger partial charge in [0.05, 0.1) is 12.8 Å². The Bertz CT molecular complexity index is 1350. The highest BCUT2D eigenvalue weighted by Crippen LogP contribution is 2.34. The van der Waals surface area contributed by atoms with E-state index in [1.165, 1.54) is 0 Å². The Kier molecular flexibility index (Phi) is 7.61. The van der Waals surface area contributed by atoms with Gasteiger partial charge in [0.25, 0.3) is 11.3 Å². The van der Waals surface area contributed by atoms with E-state index in [0.29, 0.717) is 22.9 Å². The number of hydrogen-bond acceptors (Lipinski definition) is 5. The number of anilines is 1. The number of ether oxygens (including phenoxy) is 2. The molecule has 9 heteroatoms. The van der Waals surface area contributed by atoms with Crippen LogP contribution < -0.4 is 13.8 Å². The molecule has 0 fully saturated rings. The normalized spacial score (nSPS) is 12.9. The molecule has 8 nitrogen and oxygen atoms in total. The summed E-state index contributed by atoms with van der Waals surface area (Å²) in [6.07, 6.45) is 0. The molecule has 1 heterocycles. The first kappa shape index (κ1) is 25.3. The van der Waals surface area contributed by atoms with Gasteiger partial charge in [-0.1, -0.05) is 50.2 Å². The summed E-state index contributed by atoms with van der Waals surface area (Å²) < 4.78 is 40.0. The number of para-hydroxylation sites is 1. The molecule has 36 heavy (non-hydrogen) atoms. The number of nitrogens with zero attached hydrogens (tertiary/aromatic N) is 1. The van der Waals surface area contributed by atoms with Gasteiger partial charge in [-0.15, -0.1) is 0 Å². The third-order valence-electron chi connectivity index (χ3n) is 5.77. The molecule has 2 atom stereocenters. The van der Waals surface area contributed by atoms with Gasteiger partial charge in [0.15, 0.2) is 11.5 Å². The lowest BCUT2D eigenvalue weighted by Gasteiger charge is -2.29. The molecule has 2 unspecified atom stereocenters. The minimum Gasteiger partial charge on any atom is -0.493 e. The maximum Gasteiger partial charge on any atom is 0.327 e. The van der Waals surface area contributed by atoms with Crippen molar-refractivity contribution < 1.29 is 32.6 Å². The van der Waals surface area contributed by atoms with Gasteiger partial charge in [0.1, 0.15) is 24.0 Å². The average molecular weight is 510 g/mol. The minimum absolute atomic E-state index is 0.244. The first-order valence-corrected chi connectivity index (χ1v) is 12.4. The molecule has 0 saturated heterocycles. The fourth-order valence-electron chi connectivity index (χ4n) is 4.03. The number of rotatable bonds is 10. The second kappa shape index (κ2) is 10.8. The van der Waals surface area contributed by atoms with E-state index in [9.17, 15) is 18.7 Å². The highest BCUT2D eigenvalue weighted by atomic mass is 32.2. The van der Waals surface area contributed by atoms with Crippen molar-refractivity contribution in [1.82, 2.24) is 0 Å². The molecular weight excluding hydrogens is 482 g/mol. The van der Waals surface area contributed by atoms with Gasteiger partial charge in [-0.2, -0.15) is 0 Å². The summed E-state index contributed by atoms with van der Waals surface area (Å²) in [7, 11) is 1.56. The molecule has 0 bridgehead atoms. The van der Waals surface area contributed by atoms with Gasteiger partial charge in [0.2, 0.25) is 0 Å². The van der Waals surface area contributed by atoms with E-state index >= 15 is 0 Å². The first-order valence-electron chi connectivity index (χ1n) is 11.3. The molecule has 0 radical (unpaired) electrons. The van der Waals surface area contributed by atoms with Crippen LogP contribution in [-0.2, 0) is 22.7 Å². The average Bonchev–Trinajstić information content (AvgIpc) is 3.28. The van der Waals surface area contributed by atoms with Crippen LogP contribution in [0.25, 0.3) is 22.1 Å². The largest absolute Gasteiger partial charge is 0.493 e. The minimum atomic E-state index is -2.50. The highest BCUT2D eigenvalue weighted by molar-refractivity contribution is 7.80. The molecule has 4 aromatic rings. The molecule has 3 aromatic carbocycles. The lowest BCUT2D eigenvalue weighted by Crippen LogP contribution is -2.45. The van der Waals surface area contributed by atoms with Crippen LogP contribution in [-0.4, -0.2) is 33.0 Å². The molecule has 4 rings (SSSR count). The number of hydrogen-bond donors (Lipinski definition) is 2. The molecule has 188 valence electrons. The molecule has 1 aromatic heterocycles. The van der Waals surface area contributed by atoms with Crippen molar-refractivity contribution in [2.75, 3.05) is 11.4 Å². The van der Waals surface area contributed by atoms with Crippen LogP contribution in [0.4, 0.5) is 5.69 Å². The molecule has 2 N–H and O–H groups in total. The Labute approximate surface area is 211 Å². The van der Waals surface area contributed by atoms with Gasteiger partial charge < -0.3 is 19.0 Å². The zero-order valence-electron chi connectivity index (χ0n) is 20.1.